The zero-order valence-electron chi connectivity index (χ0n) is 21.8. The van der Waals surface area contributed by atoms with Crippen molar-refractivity contribution in [3.8, 4) is 23.0 Å². The first-order valence-electron chi connectivity index (χ1n) is 12.3. The van der Waals surface area contributed by atoms with Crippen LogP contribution in [0.3, 0.4) is 0 Å². The summed E-state index contributed by atoms with van der Waals surface area (Å²) < 4.78 is 11.7. The molecule has 204 valence electrons. The Hall–Kier alpha value is -3.38. The monoisotopic (exact) mass is 628 g/mol. The molecule has 0 bridgehead atoms. The van der Waals surface area contributed by atoms with Gasteiger partial charge >= 0.3 is 33.3 Å². The van der Waals surface area contributed by atoms with Gasteiger partial charge in [-0.05, 0) is 98.8 Å². The molecule has 0 amide bonds. The molecule has 4 nitrogen and oxygen atoms in total. The van der Waals surface area contributed by atoms with Gasteiger partial charge in [-0.1, -0.05) is 36.4 Å². The Bertz CT molecular complexity index is 1420. The van der Waals surface area contributed by atoms with Crippen LogP contribution in [0.1, 0.15) is 23.6 Å². The van der Waals surface area contributed by atoms with E-state index < -0.39 is 0 Å². The normalized spacial score (nSPS) is 11.5. The number of para-hydroxylation sites is 2. The fourth-order valence-electron chi connectivity index (χ4n) is 3.65. The third-order valence-corrected chi connectivity index (χ3v) is 6.85. The van der Waals surface area contributed by atoms with Crippen molar-refractivity contribution in [2.75, 3.05) is 0 Å². The second-order valence-electron chi connectivity index (χ2n) is 8.43. The SMILES string of the molecule is CC(=Nc1ccc(Oc2ccccc2)cc1)c1ccc(C(C)=Nc2ccc(Oc3ccccc3)cc2)s1.[Cl][Fe][Cl]. The van der Waals surface area contributed by atoms with Gasteiger partial charge in [-0.15, -0.1) is 11.3 Å². The van der Waals surface area contributed by atoms with Crippen LogP contribution >= 0.6 is 31.5 Å². The van der Waals surface area contributed by atoms with Gasteiger partial charge in [-0.2, -0.15) is 0 Å². The first-order valence-corrected chi connectivity index (χ1v) is 16.1. The molecule has 8 heteroatoms. The quantitative estimate of drug-likeness (QED) is 0.127. The molecular weight excluding hydrogens is 603 g/mol. The molecular formula is C32H26Cl2FeN2O2S. The van der Waals surface area contributed by atoms with Gasteiger partial charge in [0.05, 0.1) is 22.8 Å². The summed E-state index contributed by atoms with van der Waals surface area (Å²) >= 11 is 1.88. The number of thiophene rings is 1. The number of benzene rings is 4. The van der Waals surface area contributed by atoms with E-state index in [1.807, 2.05) is 123 Å². The number of nitrogens with zero attached hydrogens (tertiary/aromatic N) is 2. The maximum absolute atomic E-state index is 5.87. The summed E-state index contributed by atoms with van der Waals surface area (Å²) in [7, 11) is 9.53. The summed E-state index contributed by atoms with van der Waals surface area (Å²) in [5.41, 5.74) is 3.69. The molecule has 4 aromatic carbocycles. The minimum atomic E-state index is 0.194. The van der Waals surface area contributed by atoms with Gasteiger partial charge < -0.3 is 9.47 Å². The molecule has 0 N–H and O–H groups in total. The van der Waals surface area contributed by atoms with Crippen LogP contribution in [-0.2, 0) is 13.1 Å². The zero-order valence-corrected chi connectivity index (χ0v) is 25.2. The molecule has 0 fully saturated rings. The number of rotatable bonds is 8. The van der Waals surface area contributed by atoms with Crippen molar-refractivity contribution in [2.45, 2.75) is 13.8 Å². The van der Waals surface area contributed by atoms with Crippen LogP contribution in [0.2, 0.25) is 0 Å². The third kappa shape index (κ3) is 9.09. The molecule has 0 atom stereocenters. The minimum absolute atomic E-state index is 0.194. The molecule has 1 aromatic heterocycles. The molecule has 5 rings (SSSR count). The summed E-state index contributed by atoms with van der Waals surface area (Å²) in [4.78, 5) is 11.8. The second kappa shape index (κ2) is 15.4. The molecule has 0 saturated carbocycles. The van der Waals surface area contributed by atoms with E-state index in [0.29, 0.717) is 0 Å². The fraction of sp³-hybridized carbons (Fsp3) is 0.0625. The maximum atomic E-state index is 5.87. The van der Waals surface area contributed by atoms with Gasteiger partial charge in [0, 0.05) is 9.75 Å². The molecule has 0 spiro atoms. The van der Waals surface area contributed by atoms with Crippen molar-refractivity contribution in [3.63, 3.8) is 0 Å². The van der Waals surface area contributed by atoms with E-state index in [4.69, 9.17) is 39.7 Å². The van der Waals surface area contributed by atoms with Gasteiger partial charge in [-0.25, -0.2) is 0 Å². The van der Waals surface area contributed by atoms with Crippen molar-refractivity contribution in [2.24, 2.45) is 9.98 Å². The van der Waals surface area contributed by atoms with Crippen molar-refractivity contribution in [1.29, 1.82) is 0 Å². The predicted molar refractivity (Wildman–Crippen MR) is 166 cm³/mol. The fourth-order valence-corrected chi connectivity index (χ4v) is 4.55. The first-order chi connectivity index (χ1) is 19.5. The molecule has 40 heavy (non-hydrogen) atoms. The average molecular weight is 629 g/mol. The summed E-state index contributed by atoms with van der Waals surface area (Å²) in [5, 5.41) is 0. The standard InChI is InChI=1S/C32H26N2O2S.2ClH.Fe/c1-23(33-25-13-17-29(18-14-25)35-27-9-5-3-6-10-27)31-21-22-32(37-31)24(2)34-26-15-19-30(20-16-26)36-28-11-7-4-8-12-28;;;/h3-22H,1-2H3;2*1H;/q;;;+2/p-2. The molecule has 1 heterocycles. The number of hydrogen-bond donors (Lipinski definition) is 0. The summed E-state index contributed by atoms with van der Waals surface area (Å²) in [5.74, 6) is 3.20. The Labute approximate surface area is 253 Å². The second-order valence-corrected chi connectivity index (χ2v) is 11.3. The molecule has 0 aliphatic rings. The van der Waals surface area contributed by atoms with Crippen molar-refractivity contribution >= 4 is 54.3 Å². The molecule has 0 saturated heterocycles. The van der Waals surface area contributed by atoms with Crippen LogP contribution in [0.4, 0.5) is 11.4 Å². The number of aliphatic imine (C=N–C) groups is 2. The molecule has 0 aliphatic heterocycles. The number of hydrogen-bond acceptors (Lipinski definition) is 5. The van der Waals surface area contributed by atoms with E-state index in [1.165, 1.54) is 0 Å². The van der Waals surface area contributed by atoms with Crippen LogP contribution in [-0.4, -0.2) is 11.4 Å². The van der Waals surface area contributed by atoms with Crippen molar-refractivity contribution in [3.05, 3.63) is 131 Å². The summed E-state index contributed by atoms with van der Waals surface area (Å²) in [6.07, 6.45) is 0. The van der Waals surface area contributed by atoms with E-state index in [1.54, 1.807) is 11.3 Å². The topological polar surface area (TPSA) is 43.2 Å². The van der Waals surface area contributed by atoms with Crippen LogP contribution < -0.4 is 9.47 Å². The van der Waals surface area contributed by atoms with E-state index in [9.17, 15) is 0 Å². The van der Waals surface area contributed by atoms with Crippen LogP contribution in [0.5, 0.6) is 23.0 Å². The Morgan fingerprint density at radius 2 is 0.850 bits per heavy atom. The Kier molecular flexibility index (Phi) is 11.4. The van der Waals surface area contributed by atoms with Crippen molar-refractivity contribution < 1.29 is 22.6 Å². The van der Waals surface area contributed by atoms with Crippen LogP contribution in [0, 0.1) is 0 Å². The van der Waals surface area contributed by atoms with Gasteiger partial charge in [0.25, 0.3) is 0 Å². The number of halogens is 2. The molecule has 5 aromatic rings. The van der Waals surface area contributed by atoms with Gasteiger partial charge in [0.15, 0.2) is 0 Å². The van der Waals surface area contributed by atoms with Crippen LogP contribution in [0.15, 0.2) is 131 Å². The summed E-state index contributed by atoms with van der Waals surface area (Å²) in [6, 6.07) is 39.3. The molecule has 0 radical (unpaired) electrons. The first kappa shape index (κ1) is 29.6. The van der Waals surface area contributed by atoms with Crippen LogP contribution in [0.25, 0.3) is 0 Å². The Morgan fingerprint density at radius 1 is 0.525 bits per heavy atom. The molecule has 0 unspecified atom stereocenters. The van der Waals surface area contributed by atoms with E-state index in [0.717, 1.165) is 55.6 Å². The Balaban J connectivity index is 0.00000118. The van der Waals surface area contributed by atoms with E-state index in [-0.39, 0.29) is 13.1 Å². The average Bonchev–Trinajstić information content (AvgIpc) is 3.48. The van der Waals surface area contributed by atoms with Crippen molar-refractivity contribution in [1.82, 2.24) is 0 Å². The zero-order chi connectivity index (χ0) is 28.2. The summed E-state index contributed by atoms with van der Waals surface area (Å²) in [6.45, 7) is 4.06. The van der Waals surface area contributed by atoms with Gasteiger partial charge in [0.2, 0.25) is 0 Å². The number of ether oxygens (including phenoxy) is 2. The van der Waals surface area contributed by atoms with E-state index >= 15 is 0 Å². The predicted octanol–water partition coefficient (Wildman–Crippen LogP) is 11.0. The van der Waals surface area contributed by atoms with Gasteiger partial charge in [-0.3, -0.25) is 9.98 Å². The van der Waals surface area contributed by atoms with Gasteiger partial charge in [0.1, 0.15) is 23.0 Å². The Morgan fingerprint density at radius 3 is 1.20 bits per heavy atom. The molecule has 0 aliphatic carbocycles. The van der Waals surface area contributed by atoms with E-state index in [2.05, 4.69) is 12.1 Å². The third-order valence-electron chi connectivity index (χ3n) is 5.54.